The molecule has 0 atom stereocenters. The van der Waals surface area contributed by atoms with Crippen LogP contribution in [0, 0.1) is 5.82 Å². The lowest BCUT2D eigenvalue weighted by Crippen LogP contribution is -2.27. The zero-order valence-corrected chi connectivity index (χ0v) is 14.2. The van der Waals surface area contributed by atoms with Crippen molar-refractivity contribution in [1.29, 1.82) is 0 Å². The van der Waals surface area contributed by atoms with E-state index in [1.54, 1.807) is 24.4 Å². The van der Waals surface area contributed by atoms with E-state index in [1.165, 1.54) is 12.1 Å². The second kappa shape index (κ2) is 7.24. The summed E-state index contributed by atoms with van der Waals surface area (Å²) < 4.78 is 13.2. The molecule has 3 nitrogen and oxygen atoms in total. The third kappa shape index (κ3) is 3.89. The number of nitrogens with one attached hydrogen (secondary N) is 2. The molecule has 0 aliphatic rings. The number of rotatable bonds is 5. The molecule has 1 aromatic heterocycles. The van der Waals surface area contributed by atoms with Crippen molar-refractivity contribution in [2.24, 2.45) is 0 Å². The SMILES string of the molecule is O=C(Cc1c[nH]c2cc(F)ccc12)NCCc1ccc(Cl)cc1Cl. The van der Waals surface area contributed by atoms with Crippen molar-refractivity contribution in [3.63, 3.8) is 0 Å². The van der Waals surface area contributed by atoms with Crippen molar-refractivity contribution < 1.29 is 9.18 Å². The quantitative estimate of drug-likeness (QED) is 0.686. The van der Waals surface area contributed by atoms with Crippen LogP contribution in [-0.2, 0) is 17.6 Å². The van der Waals surface area contributed by atoms with Crippen molar-refractivity contribution in [2.45, 2.75) is 12.8 Å². The van der Waals surface area contributed by atoms with Crippen LogP contribution < -0.4 is 5.32 Å². The molecule has 0 aliphatic carbocycles. The number of amides is 1. The van der Waals surface area contributed by atoms with E-state index in [4.69, 9.17) is 23.2 Å². The van der Waals surface area contributed by atoms with Crippen molar-refractivity contribution in [2.75, 3.05) is 6.54 Å². The second-order valence-corrected chi connectivity index (χ2v) is 6.36. The zero-order valence-electron chi connectivity index (χ0n) is 12.7. The molecule has 0 fully saturated rings. The van der Waals surface area contributed by atoms with Crippen molar-refractivity contribution in [3.8, 4) is 0 Å². The van der Waals surface area contributed by atoms with E-state index < -0.39 is 0 Å². The predicted octanol–water partition coefficient (Wildman–Crippen LogP) is 4.52. The number of aromatic nitrogens is 1. The van der Waals surface area contributed by atoms with Crippen LogP contribution in [-0.4, -0.2) is 17.4 Å². The molecule has 0 aliphatic heterocycles. The molecule has 0 radical (unpaired) electrons. The smallest absolute Gasteiger partial charge is 0.224 e. The third-order valence-corrected chi connectivity index (χ3v) is 4.40. The number of benzene rings is 2. The van der Waals surface area contributed by atoms with Gasteiger partial charge in [-0.1, -0.05) is 29.3 Å². The van der Waals surface area contributed by atoms with E-state index in [-0.39, 0.29) is 18.1 Å². The van der Waals surface area contributed by atoms with Crippen LogP contribution in [0.5, 0.6) is 0 Å². The lowest BCUT2D eigenvalue weighted by atomic mass is 10.1. The largest absolute Gasteiger partial charge is 0.361 e. The summed E-state index contributed by atoms with van der Waals surface area (Å²) in [6, 6.07) is 9.79. The molecule has 6 heteroatoms. The summed E-state index contributed by atoms with van der Waals surface area (Å²) in [7, 11) is 0. The first-order valence-electron chi connectivity index (χ1n) is 7.49. The number of halogens is 3. The molecule has 1 heterocycles. The summed E-state index contributed by atoms with van der Waals surface area (Å²) >= 11 is 12.0. The fourth-order valence-corrected chi connectivity index (χ4v) is 3.10. The van der Waals surface area contributed by atoms with Crippen LogP contribution in [0.1, 0.15) is 11.1 Å². The van der Waals surface area contributed by atoms with Crippen molar-refractivity contribution >= 4 is 40.0 Å². The summed E-state index contributed by atoms with van der Waals surface area (Å²) in [6.45, 7) is 0.483. The summed E-state index contributed by atoms with van der Waals surface area (Å²) in [5, 5.41) is 4.90. The Bertz CT molecular complexity index is 892. The first kappa shape index (κ1) is 16.8. The number of carbonyl (C=O) groups excluding carboxylic acids is 1. The molecule has 2 N–H and O–H groups in total. The molecule has 3 rings (SSSR count). The van der Waals surface area contributed by atoms with E-state index in [0.717, 1.165) is 16.5 Å². The Morgan fingerprint density at radius 3 is 2.75 bits per heavy atom. The third-order valence-electron chi connectivity index (χ3n) is 3.81. The summed E-state index contributed by atoms with van der Waals surface area (Å²) in [6.07, 6.45) is 2.60. The zero-order chi connectivity index (χ0) is 17.1. The maximum Gasteiger partial charge on any atom is 0.224 e. The van der Waals surface area contributed by atoms with Gasteiger partial charge >= 0.3 is 0 Å². The number of fused-ring (bicyclic) bond motifs is 1. The maximum atomic E-state index is 13.2. The second-order valence-electron chi connectivity index (χ2n) is 5.52. The summed E-state index contributed by atoms with van der Waals surface area (Å²) in [5.74, 6) is -0.398. The fraction of sp³-hybridized carbons (Fsp3) is 0.167. The predicted molar refractivity (Wildman–Crippen MR) is 95.1 cm³/mol. The monoisotopic (exact) mass is 364 g/mol. The van der Waals surface area contributed by atoms with Crippen LogP contribution in [0.15, 0.2) is 42.6 Å². The Hall–Kier alpha value is -2.04. The molecule has 2 aromatic carbocycles. The minimum Gasteiger partial charge on any atom is -0.361 e. The van der Waals surface area contributed by atoms with E-state index in [2.05, 4.69) is 10.3 Å². The van der Waals surface area contributed by atoms with Crippen LogP contribution in [0.2, 0.25) is 10.0 Å². The molecule has 0 bridgehead atoms. The minimum atomic E-state index is -0.305. The highest BCUT2D eigenvalue weighted by Crippen LogP contribution is 2.21. The molecule has 0 spiro atoms. The Labute approximate surface area is 148 Å². The van der Waals surface area contributed by atoms with E-state index in [0.29, 0.717) is 28.5 Å². The molecule has 24 heavy (non-hydrogen) atoms. The molecule has 3 aromatic rings. The highest BCUT2D eigenvalue weighted by Gasteiger charge is 2.09. The van der Waals surface area contributed by atoms with Crippen molar-refractivity contribution in [1.82, 2.24) is 10.3 Å². The van der Waals surface area contributed by atoms with E-state index >= 15 is 0 Å². The van der Waals surface area contributed by atoms with Crippen LogP contribution in [0.4, 0.5) is 4.39 Å². The Kier molecular flexibility index (Phi) is 5.07. The number of H-pyrrole nitrogens is 1. The van der Waals surface area contributed by atoms with Gasteiger partial charge in [0.05, 0.1) is 6.42 Å². The average molecular weight is 365 g/mol. The molecule has 0 unspecified atom stereocenters. The fourth-order valence-electron chi connectivity index (χ4n) is 2.60. The van der Waals surface area contributed by atoms with Gasteiger partial charge in [0.2, 0.25) is 5.91 Å². The standard InChI is InChI=1S/C18H15Cl2FN2O/c19-13-2-1-11(16(20)8-13)5-6-22-18(24)7-12-10-23-17-9-14(21)3-4-15(12)17/h1-4,8-10,23H,5-7H2,(H,22,24). The van der Waals surface area contributed by atoms with Gasteiger partial charge in [0.15, 0.2) is 0 Å². The van der Waals surface area contributed by atoms with E-state index in [1.807, 2.05) is 6.07 Å². The van der Waals surface area contributed by atoms with Crippen molar-refractivity contribution in [3.05, 3.63) is 69.6 Å². The van der Waals surface area contributed by atoms with Gasteiger partial charge in [-0.3, -0.25) is 4.79 Å². The number of carbonyl (C=O) groups is 1. The number of hydrogen-bond acceptors (Lipinski definition) is 1. The maximum absolute atomic E-state index is 13.2. The Balaban J connectivity index is 1.57. The number of aromatic amines is 1. The van der Waals surface area contributed by atoms with Gasteiger partial charge in [-0.2, -0.15) is 0 Å². The molecule has 124 valence electrons. The van der Waals surface area contributed by atoms with E-state index in [9.17, 15) is 9.18 Å². The molecule has 0 saturated heterocycles. The van der Waals surface area contributed by atoms with Gasteiger partial charge in [0, 0.05) is 33.7 Å². The first-order valence-corrected chi connectivity index (χ1v) is 8.24. The van der Waals surface area contributed by atoms with Crippen LogP contribution in [0.25, 0.3) is 10.9 Å². The summed E-state index contributed by atoms with van der Waals surface area (Å²) in [5.41, 5.74) is 2.46. The number of hydrogen-bond donors (Lipinski definition) is 2. The lowest BCUT2D eigenvalue weighted by Gasteiger charge is -2.07. The summed E-state index contributed by atoms with van der Waals surface area (Å²) in [4.78, 5) is 15.1. The van der Waals surface area contributed by atoms with Gasteiger partial charge in [0.25, 0.3) is 0 Å². The van der Waals surface area contributed by atoms with Gasteiger partial charge in [-0.25, -0.2) is 4.39 Å². The van der Waals surface area contributed by atoms with Gasteiger partial charge in [0.1, 0.15) is 5.82 Å². The minimum absolute atomic E-state index is 0.0923. The Morgan fingerprint density at radius 1 is 1.12 bits per heavy atom. The first-order chi connectivity index (χ1) is 11.5. The topological polar surface area (TPSA) is 44.9 Å². The molecule has 1 amide bonds. The normalized spacial score (nSPS) is 11.0. The van der Waals surface area contributed by atoms with Gasteiger partial charge < -0.3 is 10.3 Å². The average Bonchev–Trinajstić information content (AvgIpc) is 2.91. The molecular formula is C18H15Cl2FN2O. The van der Waals surface area contributed by atoms with Gasteiger partial charge in [-0.15, -0.1) is 0 Å². The molecule has 0 saturated carbocycles. The highest BCUT2D eigenvalue weighted by atomic mass is 35.5. The van der Waals surface area contributed by atoms with Crippen LogP contribution in [0.3, 0.4) is 0 Å². The Morgan fingerprint density at radius 2 is 1.96 bits per heavy atom. The molecular weight excluding hydrogens is 350 g/mol. The highest BCUT2D eigenvalue weighted by molar-refractivity contribution is 6.35. The van der Waals surface area contributed by atoms with Gasteiger partial charge in [-0.05, 0) is 47.9 Å². The van der Waals surface area contributed by atoms with Crippen LogP contribution >= 0.6 is 23.2 Å². The lowest BCUT2D eigenvalue weighted by molar-refractivity contribution is -0.120.